The summed E-state index contributed by atoms with van der Waals surface area (Å²) in [6, 6.07) is 18.9. The molecule has 0 aliphatic rings. The van der Waals surface area contributed by atoms with Gasteiger partial charge in [-0.2, -0.15) is 13.2 Å². The number of hydrogen-bond acceptors (Lipinski definition) is 2. The van der Waals surface area contributed by atoms with E-state index in [2.05, 4.69) is 22.4 Å². The molecule has 0 fully saturated rings. The van der Waals surface area contributed by atoms with Crippen molar-refractivity contribution in [2.45, 2.75) is 26.1 Å². The quantitative estimate of drug-likeness (QED) is 0.413. The molecule has 1 heterocycles. The van der Waals surface area contributed by atoms with Crippen molar-refractivity contribution in [3.63, 3.8) is 0 Å². The number of nitrogens with zero attached hydrogens (tertiary/aromatic N) is 1. The highest BCUT2D eigenvalue weighted by Gasteiger charge is 2.29. The van der Waals surface area contributed by atoms with Gasteiger partial charge in [0.2, 0.25) is 5.91 Å². The maximum atomic E-state index is 12.7. The molecule has 0 saturated heterocycles. The molecule has 0 unspecified atom stereocenters. The lowest BCUT2D eigenvalue weighted by atomic mass is 9.95. The maximum absolute atomic E-state index is 12.7. The van der Waals surface area contributed by atoms with E-state index in [4.69, 9.17) is 0 Å². The summed E-state index contributed by atoms with van der Waals surface area (Å²) in [7, 11) is 0. The second-order valence-corrected chi connectivity index (χ2v) is 7.71. The predicted molar refractivity (Wildman–Crippen MR) is 119 cm³/mol. The average Bonchev–Trinajstić information content (AvgIpc) is 2.77. The van der Waals surface area contributed by atoms with Gasteiger partial charge >= 0.3 is 6.18 Å². The van der Waals surface area contributed by atoms with Crippen LogP contribution in [0.1, 0.15) is 22.3 Å². The van der Waals surface area contributed by atoms with Gasteiger partial charge in [-0.3, -0.25) is 9.78 Å². The van der Waals surface area contributed by atoms with Gasteiger partial charge < -0.3 is 5.32 Å². The normalized spacial score (nSPS) is 11.5. The molecule has 0 bridgehead atoms. The van der Waals surface area contributed by atoms with E-state index in [0.717, 1.165) is 39.6 Å². The Morgan fingerprint density at radius 3 is 2.47 bits per heavy atom. The van der Waals surface area contributed by atoms with Gasteiger partial charge in [0, 0.05) is 24.3 Å². The van der Waals surface area contributed by atoms with Crippen molar-refractivity contribution in [3.8, 4) is 11.1 Å². The van der Waals surface area contributed by atoms with Crippen molar-refractivity contribution in [1.29, 1.82) is 0 Å². The fourth-order valence-corrected chi connectivity index (χ4v) is 3.72. The zero-order chi connectivity index (χ0) is 22.7. The Bertz CT molecular complexity index is 1260. The Morgan fingerprint density at radius 1 is 0.969 bits per heavy atom. The maximum Gasteiger partial charge on any atom is 0.416 e. The number of carbonyl (C=O) groups excluding carboxylic acids is 1. The van der Waals surface area contributed by atoms with E-state index in [-0.39, 0.29) is 12.3 Å². The highest BCUT2D eigenvalue weighted by atomic mass is 19.4. The topological polar surface area (TPSA) is 42.0 Å². The number of fused-ring (bicyclic) bond motifs is 1. The van der Waals surface area contributed by atoms with Crippen LogP contribution in [0.5, 0.6) is 0 Å². The Labute approximate surface area is 183 Å². The highest BCUT2D eigenvalue weighted by Crippen LogP contribution is 2.31. The summed E-state index contributed by atoms with van der Waals surface area (Å²) < 4.78 is 38.1. The number of carbonyl (C=O) groups is 1. The Balaban J connectivity index is 1.50. The van der Waals surface area contributed by atoms with Crippen molar-refractivity contribution < 1.29 is 18.0 Å². The van der Waals surface area contributed by atoms with Crippen LogP contribution >= 0.6 is 0 Å². The molecule has 32 heavy (non-hydrogen) atoms. The minimum absolute atomic E-state index is 0.00962. The van der Waals surface area contributed by atoms with E-state index < -0.39 is 11.7 Å². The second-order valence-electron chi connectivity index (χ2n) is 7.71. The van der Waals surface area contributed by atoms with Gasteiger partial charge in [0.25, 0.3) is 0 Å². The molecule has 0 aliphatic carbocycles. The van der Waals surface area contributed by atoms with Gasteiger partial charge in [-0.15, -0.1) is 0 Å². The third kappa shape index (κ3) is 4.80. The Kier molecular flexibility index (Phi) is 5.95. The molecule has 0 atom stereocenters. The van der Waals surface area contributed by atoms with E-state index >= 15 is 0 Å². The first-order valence-corrected chi connectivity index (χ1v) is 10.2. The molecule has 3 aromatic carbocycles. The third-order valence-corrected chi connectivity index (χ3v) is 5.36. The molecule has 4 aromatic rings. The summed E-state index contributed by atoms with van der Waals surface area (Å²) >= 11 is 0. The lowest BCUT2D eigenvalue weighted by Gasteiger charge is -2.13. The fraction of sp³-hybridized carbons (Fsp3) is 0.154. The lowest BCUT2D eigenvalue weighted by molar-refractivity contribution is -0.137. The number of hydrogen-bond donors (Lipinski definition) is 1. The van der Waals surface area contributed by atoms with E-state index in [0.29, 0.717) is 12.1 Å². The number of aryl methyl sites for hydroxylation is 1. The van der Waals surface area contributed by atoms with Crippen LogP contribution < -0.4 is 5.32 Å². The number of benzene rings is 3. The van der Waals surface area contributed by atoms with Gasteiger partial charge in [0.05, 0.1) is 12.0 Å². The fourth-order valence-electron chi connectivity index (χ4n) is 3.72. The minimum Gasteiger partial charge on any atom is -0.352 e. The number of halogens is 3. The molecule has 0 spiro atoms. The van der Waals surface area contributed by atoms with E-state index in [1.54, 1.807) is 12.4 Å². The van der Waals surface area contributed by atoms with Gasteiger partial charge in [0.1, 0.15) is 0 Å². The van der Waals surface area contributed by atoms with Crippen molar-refractivity contribution in [3.05, 3.63) is 101 Å². The molecule has 0 saturated carbocycles. The third-order valence-electron chi connectivity index (χ3n) is 5.36. The molecule has 162 valence electrons. The van der Waals surface area contributed by atoms with Gasteiger partial charge in [-0.05, 0) is 52.8 Å². The molecular formula is C26H21F3N2O. The van der Waals surface area contributed by atoms with Crippen molar-refractivity contribution >= 4 is 16.7 Å². The number of amides is 1. The van der Waals surface area contributed by atoms with Gasteiger partial charge in [0.15, 0.2) is 0 Å². The van der Waals surface area contributed by atoms with E-state index in [9.17, 15) is 18.0 Å². The van der Waals surface area contributed by atoms with Crippen LogP contribution in [0.25, 0.3) is 21.9 Å². The largest absolute Gasteiger partial charge is 0.416 e. The first-order chi connectivity index (χ1) is 15.3. The summed E-state index contributed by atoms with van der Waals surface area (Å²) in [6.07, 6.45) is -0.850. The molecule has 4 rings (SSSR count). The minimum atomic E-state index is -4.39. The van der Waals surface area contributed by atoms with Crippen molar-refractivity contribution in [2.75, 3.05) is 0 Å². The first-order valence-electron chi connectivity index (χ1n) is 10.2. The summed E-state index contributed by atoms with van der Waals surface area (Å²) in [4.78, 5) is 16.6. The number of nitrogens with one attached hydrogen (secondary N) is 1. The summed E-state index contributed by atoms with van der Waals surface area (Å²) in [5, 5.41) is 4.85. The summed E-state index contributed by atoms with van der Waals surface area (Å²) in [5.74, 6) is -0.260. The van der Waals surface area contributed by atoms with Gasteiger partial charge in [-0.1, -0.05) is 54.1 Å². The molecule has 3 nitrogen and oxygen atoms in total. The number of rotatable bonds is 5. The zero-order valence-electron chi connectivity index (χ0n) is 17.4. The predicted octanol–water partition coefficient (Wildman–Crippen LogP) is 6.09. The van der Waals surface area contributed by atoms with Crippen LogP contribution in [-0.4, -0.2) is 10.9 Å². The van der Waals surface area contributed by atoms with Crippen LogP contribution in [0.3, 0.4) is 0 Å². The van der Waals surface area contributed by atoms with Crippen molar-refractivity contribution in [2.24, 2.45) is 0 Å². The molecule has 6 heteroatoms. The monoisotopic (exact) mass is 434 g/mol. The molecule has 1 amide bonds. The molecule has 0 aliphatic heterocycles. The average molecular weight is 434 g/mol. The smallest absolute Gasteiger partial charge is 0.352 e. The Morgan fingerprint density at radius 2 is 1.75 bits per heavy atom. The van der Waals surface area contributed by atoms with Gasteiger partial charge in [-0.25, -0.2) is 0 Å². The standard InChI is InChI=1S/C26H21F3N2O/c1-17-3-2-4-19(13-17)22-10-7-20(24-16-30-12-11-23(22)24)15-31-25(32)14-18-5-8-21(9-6-18)26(27,28)29/h2-13,16H,14-15H2,1H3,(H,31,32). The number of aromatic nitrogens is 1. The van der Waals surface area contributed by atoms with Crippen LogP contribution in [0.4, 0.5) is 13.2 Å². The van der Waals surface area contributed by atoms with Crippen LogP contribution in [-0.2, 0) is 23.9 Å². The van der Waals surface area contributed by atoms with E-state index in [1.165, 1.54) is 17.7 Å². The summed E-state index contributed by atoms with van der Waals surface area (Å²) in [5.41, 5.74) is 4.09. The number of pyridine rings is 1. The van der Waals surface area contributed by atoms with Crippen molar-refractivity contribution in [1.82, 2.24) is 10.3 Å². The van der Waals surface area contributed by atoms with Crippen LogP contribution in [0, 0.1) is 6.92 Å². The lowest BCUT2D eigenvalue weighted by Crippen LogP contribution is -2.24. The Hall–Kier alpha value is -3.67. The van der Waals surface area contributed by atoms with Crippen LogP contribution in [0.15, 0.2) is 79.1 Å². The summed E-state index contributed by atoms with van der Waals surface area (Å²) in [6.45, 7) is 2.35. The molecule has 1 aromatic heterocycles. The second kappa shape index (κ2) is 8.83. The first kappa shape index (κ1) is 21.6. The molecular weight excluding hydrogens is 413 g/mol. The SMILES string of the molecule is Cc1cccc(-c2ccc(CNC(=O)Cc3ccc(C(F)(F)F)cc3)c3cnccc23)c1. The zero-order valence-corrected chi connectivity index (χ0v) is 17.4. The number of alkyl halides is 3. The van der Waals surface area contributed by atoms with E-state index in [1.807, 2.05) is 37.3 Å². The van der Waals surface area contributed by atoms with Crippen LogP contribution in [0.2, 0.25) is 0 Å². The molecule has 0 radical (unpaired) electrons. The highest BCUT2D eigenvalue weighted by molar-refractivity contribution is 5.98. The molecule has 1 N–H and O–H groups in total.